The predicted octanol–water partition coefficient (Wildman–Crippen LogP) is 3.32. The first-order valence-electron chi connectivity index (χ1n) is 9.55. The molecule has 4 rings (SSSR count). The van der Waals surface area contributed by atoms with E-state index in [4.69, 9.17) is 9.47 Å². The molecule has 13 heteroatoms. The largest absolute Gasteiger partial charge is 0.496 e. The van der Waals surface area contributed by atoms with Gasteiger partial charge in [0.05, 0.1) is 34.8 Å². The van der Waals surface area contributed by atoms with Gasteiger partial charge in [0.1, 0.15) is 34.9 Å². The Labute approximate surface area is 196 Å². The lowest BCUT2D eigenvalue weighted by atomic mass is 10.1. The minimum Gasteiger partial charge on any atom is -0.496 e. The van der Waals surface area contributed by atoms with E-state index >= 15 is 0 Å². The molecule has 0 spiro atoms. The molecule has 2 heterocycles. The Balaban J connectivity index is 1.87. The molecule has 0 saturated carbocycles. The number of carboxylic acids is 1. The number of aromatic amines is 1. The molecule has 0 atom stereocenters. The normalized spacial score (nSPS) is 10.8. The van der Waals surface area contributed by atoms with Crippen molar-refractivity contribution >= 4 is 28.2 Å². The van der Waals surface area contributed by atoms with Gasteiger partial charge < -0.3 is 19.6 Å². The smallest absolute Gasteiger partial charge is 0.346 e. The van der Waals surface area contributed by atoms with Crippen molar-refractivity contribution in [3.05, 3.63) is 83.9 Å². The molecule has 0 aliphatic heterocycles. The molecule has 35 heavy (non-hydrogen) atoms. The highest BCUT2D eigenvalue weighted by Gasteiger charge is 2.22. The van der Waals surface area contributed by atoms with Crippen molar-refractivity contribution in [1.82, 2.24) is 9.55 Å². The topological polar surface area (TPSA) is 134 Å². The molecule has 0 aliphatic rings. The molecule has 0 radical (unpaired) electrons. The molecule has 0 aliphatic carbocycles. The summed E-state index contributed by atoms with van der Waals surface area (Å²) in [6.07, 6.45) is 0. The Morgan fingerprint density at radius 3 is 2.60 bits per heavy atom. The van der Waals surface area contributed by atoms with Crippen molar-refractivity contribution in [2.24, 2.45) is 0 Å². The zero-order chi connectivity index (χ0) is 25.4. The van der Waals surface area contributed by atoms with Crippen molar-refractivity contribution in [3.63, 3.8) is 0 Å². The monoisotopic (exact) mass is 503 g/mol. The SMILES string of the molecule is COc1ccc(F)c(F)c1COc1cc(-n2c(=O)[nH]c3csc(C(=O)O)c3c2=O)c(F)cc1C#N. The van der Waals surface area contributed by atoms with Gasteiger partial charge in [-0.1, -0.05) is 0 Å². The zero-order valence-electron chi connectivity index (χ0n) is 17.5. The number of nitrogens with one attached hydrogen (secondary N) is 1. The Kier molecular flexibility index (Phi) is 6.06. The second kappa shape index (κ2) is 8.99. The van der Waals surface area contributed by atoms with Gasteiger partial charge in [0.25, 0.3) is 5.56 Å². The van der Waals surface area contributed by atoms with Gasteiger partial charge in [-0.05, 0) is 18.2 Å². The number of rotatable bonds is 6. The number of nitrogens with zero attached hydrogens (tertiary/aromatic N) is 2. The standard InChI is InChI=1S/C22H12F3N3O6S/c1-33-15-3-2-11(23)18(25)10(15)7-34-16-5-14(12(24)4-9(16)6-26)28-20(29)17-13(27-22(28)32)8-35-19(17)21(30)31/h2-5,8H,7H2,1H3,(H,27,32)(H,30,31). The first kappa shape index (κ1) is 23.6. The van der Waals surface area contributed by atoms with Gasteiger partial charge in [-0.25, -0.2) is 27.3 Å². The number of carbonyl (C=O) groups is 1. The number of benzene rings is 2. The number of hydrogen-bond donors (Lipinski definition) is 2. The van der Waals surface area contributed by atoms with Crippen LogP contribution in [0.25, 0.3) is 16.6 Å². The summed E-state index contributed by atoms with van der Waals surface area (Å²) < 4.78 is 53.6. The van der Waals surface area contributed by atoms with E-state index in [1.54, 1.807) is 6.07 Å². The zero-order valence-corrected chi connectivity index (χ0v) is 18.3. The van der Waals surface area contributed by atoms with Crippen molar-refractivity contribution in [2.45, 2.75) is 6.61 Å². The third-order valence-electron chi connectivity index (χ3n) is 5.00. The van der Waals surface area contributed by atoms with E-state index in [2.05, 4.69) is 4.98 Å². The number of nitriles is 1. The van der Waals surface area contributed by atoms with Gasteiger partial charge in [0, 0.05) is 11.4 Å². The minimum absolute atomic E-state index is 0.0437. The van der Waals surface area contributed by atoms with E-state index < -0.39 is 47.0 Å². The number of methoxy groups -OCH3 is 1. The Hall–Kier alpha value is -4.57. The molecule has 9 nitrogen and oxygen atoms in total. The molecule has 0 fully saturated rings. The van der Waals surface area contributed by atoms with Crippen LogP contribution in [0, 0.1) is 28.8 Å². The summed E-state index contributed by atoms with van der Waals surface area (Å²) in [7, 11) is 1.22. The van der Waals surface area contributed by atoms with Crippen LogP contribution in [0.3, 0.4) is 0 Å². The number of aromatic carboxylic acids is 1. The lowest BCUT2D eigenvalue weighted by Gasteiger charge is -2.14. The first-order valence-corrected chi connectivity index (χ1v) is 10.4. The van der Waals surface area contributed by atoms with E-state index in [0.29, 0.717) is 22.0 Å². The molecule has 0 saturated heterocycles. The number of thiophene rings is 1. The maximum atomic E-state index is 14.9. The summed E-state index contributed by atoms with van der Waals surface area (Å²) >= 11 is 0.700. The highest BCUT2D eigenvalue weighted by atomic mass is 32.1. The number of halogens is 3. The Morgan fingerprint density at radius 1 is 1.20 bits per heavy atom. The third kappa shape index (κ3) is 4.00. The number of hydrogen-bond acceptors (Lipinski definition) is 7. The molecule has 2 aromatic heterocycles. The number of aromatic nitrogens is 2. The molecule has 0 bridgehead atoms. The second-order valence-corrected chi connectivity index (χ2v) is 7.85. The van der Waals surface area contributed by atoms with Crippen molar-refractivity contribution in [3.8, 4) is 23.3 Å². The molecule has 2 N–H and O–H groups in total. The summed E-state index contributed by atoms with van der Waals surface area (Å²) in [5, 5.41) is 19.6. The fourth-order valence-corrected chi connectivity index (χ4v) is 4.21. The molecule has 0 amide bonds. The van der Waals surface area contributed by atoms with E-state index in [-0.39, 0.29) is 38.4 Å². The molecule has 2 aromatic carbocycles. The van der Waals surface area contributed by atoms with Gasteiger partial charge in [-0.3, -0.25) is 4.79 Å². The number of ether oxygens (including phenoxy) is 2. The maximum absolute atomic E-state index is 14.9. The number of H-pyrrole nitrogens is 1. The fraction of sp³-hybridized carbons (Fsp3) is 0.0909. The third-order valence-corrected chi connectivity index (χ3v) is 5.97. The van der Waals surface area contributed by atoms with Crippen LogP contribution >= 0.6 is 11.3 Å². The van der Waals surface area contributed by atoms with Crippen molar-refractivity contribution < 1.29 is 32.5 Å². The van der Waals surface area contributed by atoms with Crippen LogP contribution < -0.4 is 20.7 Å². The van der Waals surface area contributed by atoms with E-state index in [1.807, 2.05) is 0 Å². The first-order chi connectivity index (χ1) is 16.7. The van der Waals surface area contributed by atoms with Crippen LogP contribution in [0.15, 0.2) is 39.2 Å². The molecular weight excluding hydrogens is 491 g/mol. The van der Waals surface area contributed by atoms with Crippen molar-refractivity contribution in [1.29, 1.82) is 5.26 Å². The minimum atomic E-state index is -1.42. The van der Waals surface area contributed by atoms with E-state index in [9.17, 15) is 37.9 Å². The molecule has 0 unspecified atom stereocenters. The Bertz CT molecular complexity index is 1670. The fourth-order valence-electron chi connectivity index (χ4n) is 3.38. The van der Waals surface area contributed by atoms with Gasteiger partial charge in [-0.2, -0.15) is 5.26 Å². The van der Waals surface area contributed by atoms with Crippen LogP contribution in [0.2, 0.25) is 0 Å². The average molecular weight is 503 g/mol. The summed E-state index contributed by atoms with van der Waals surface area (Å²) in [6.45, 7) is -0.648. The van der Waals surface area contributed by atoms with Crippen LogP contribution in [-0.4, -0.2) is 27.7 Å². The van der Waals surface area contributed by atoms with Crippen LogP contribution in [-0.2, 0) is 6.61 Å². The summed E-state index contributed by atoms with van der Waals surface area (Å²) in [6, 6.07) is 5.22. The number of fused-ring (bicyclic) bond motifs is 1. The van der Waals surface area contributed by atoms with Crippen molar-refractivity contribution in [2.75, 3.05) is 7.11 Å². The summed E-state index contributed by atoms with van der Waals surface area (Å²) in [5.41, 5.74) is -3.59. The quantitative estimate of drug-likeness (QED) is 0.412. The number of carboxylic acid groups (broad SMARTS) is 1. The summed E-state index contributed by atoms with van der Waals surface area (Å²) in [5.74, 6) is -5.44. The van der Waals surface area contributed by atoms with Gasteiger partial charge in [-0.15, -0.1) is 11.3 Å². The Morgan fingerprint density at radius 2 is 1.94 bits per heavy atom. The highest BCUT2D eigenvalue weighted by Crippen LogP contribution is 2.29. The van der Waals surface area contributed by atoms with Gasteiger partial charge in [0.2, 0.25) is 0 Å². The maximum Gasteiger partial charge on any atom is 0.346 e. The van der Waals surface area contributed by atoms with Crippen LogP contribution in [0.5, 0.6) is 11.5 Å². The second-order valence-electron chi connectivity index (χ2n) is 6.97. The molecule has 4 aromatic rings. The lowest BCUT2D eigenvalue weighted by Crippen LogP contribution is -2.34. The van der Waals surface area contributed by atoms with E-state index in [0.717, 1.165) is 18.2 Å². The van der Waals surface area contributed by atoms with Gasteiger partial charge in [0.15, 0.2) is 11.6 Å². The highest BCUT2D eigenvalue weighted by molar-refractivity contribution is 7.13. The lowest BCUT2D eigenvalue weighted by molar-refractivity contribution is 0.0704. The predicted molar refractivity (Wildman–Crippen MR) is 117 cm³/mol. The molecular formula is C22H12F3N3O6S. The summed E-state index contributed by atoms with van der Waals surface area (Å²) in [4.78, 5) is 39.0. The molecule has 178 valence electrons. The van der Waals surface area contributed by atoms with Gasteiger partial charge >= 0.3 is 11.7 Å². The van der Waals surface area contributed by atoms with Crippen LogP contribution in [0.4, 0.5) is 13.2 Å². The van der Waals surface area contributed by atoms with Crippen LogP contribution in [0.1, 0.15) is 20.8 Å². The van der Waals surface area contributed by atoms with E-state index in [1.165, 1.54) is 12.5 Å². The average Bonchev–Trinajstić information content (AvgIpc) is 3.25.